The fourth-order valence-corrected chi connectivity index (χ4v) is 3.08. The number of benzene rings is 3. The quantitative estimate of drug-likeness (QED) is 0.622. The highest BCUT2D eigenvalue weighted by Gasteiger charge is 2.40. The first-order valence-corrected chi connectivity index (χ1v) is 6.98. The number of fused-ring (bicyclic) bond motifs is 4. The Balaban J connectivity index is 2.13. The van der Waals surface area contributed by atoms with Gasteiger partial charge in [0.05, 0.1) is 0 Å². The Labute approximate surface area is 125 Å². The lowest BCUT2D eigenvalue weighted by molar-refractivity contribution is 0.0185. The van der Waals surface area contributed by atoms with Gasteiger partial charge in [-0.2, -0.15) is 0 Å². The second-order valence-electron chi connectivity index (χ2n) is 5.53. The highest BCUT2D eigenvalue weighted by molar-refractivity contribution is 6.24. The van der Waals surface area contributed by atoms with E-state index in [1.165, 1.54) is 0 Å². The highest BCUT2D eigenvalue weighted by Crippen LogP contribution is 2.32. The molecule has 0 radical (unpaired) electrons. The number of aliphatic hydroxyl groups is 2. The van der Waals surface area contributed by atoms with Crippen molar-refractivity contribution in [1.29, 1.82) is 0 Å². The molecule has 0 aliphatic heterocycles. The molecule has 2 atom stereocenters. The largest absolute Gasteiger partial charge is 0.382 e. The molecule has 2 N–H and O–H groups in total. The van der Waals surface area contributed by atoms with Gasteiger partial charge in [-0.25, -0.2) is 0 Å². The molecule has 0 amide bonds. The molecule has 1 aliphatic carbocycles. The van der Waals surface area contributed by atoms with E-state index in [1.54, 1.807) is 12.1 Å². The van der Waals surface area contributed by atoms with Crippen LogP contribution in [0.15, 0.2) is 48.5 Å². The minimum atomic E-state index is -1.70. The SMILES string of the molecule is O=C1c2ccc3cc4ccccc4cc3c2C(=O)C(O)C1O. The molecular formula is C18H12O4. The molecule has 0 saturated heterocycles. The van der Waals surface area contributed by atoms with Gasteiger partial charge in [0.1, 0.15) is 0 Å². The van der Waals surface area contributed by atoms with Crippen LogP contribution in [0.4, 0.5) is 0 Å². The van der Waals surface area contributed by atoms with Crippen LogP contribution >= 0.6 is 0 Å². The Hall–Kier alpha value is -2.56. The van der Waals surface area contributed by atoms with E-state index in [-0.39, 0.29) is 11.1 Å². The van der Waals surface area contributed by atoms with E-state index in [1.807, 2.05) is 36.4 Å². The summed E-state index contributed by atoms with van der Waals surface area (Å²) in [6.45, 7) is 0. The van der Waals surface area contributed by atoms with Gasteiger partial charge in [0.25, 0.3) is 0 Å². The van der Waals surface area contributed by atoms with E-state index in [2.05, 4.69) is 0 Å². The molecule has 0 heterocycles. The maximum absolute atomic E-state index is 12.4. The molecule has 1 aliphatic rings. The molecule has 2 unspecified atom stereocenters. The van der Waals surface area contributed by atoms with Crippen molar-refractivity contribution in [3.8, 4) is 0 Å². The van der Waals surface area contributed by atoms with Crippen molar-refractivity contribution in [1.82, 2.24) is 0 Å². The predicted molar refractivity (Wildman–Crippen MR) is 82.1 cm³/mol. The molecule has 3 aromatic rings. The van der Waals surface area contributed by atoms with Crippen LogP contribution in [0.5, 0.6) is 0 Å². The molecule has 0 aromatic heterocycles. The first-order valence-electron chi connectivity index (χ1n) is 6.98. The Morgan fingerprint density at radius 3 is 2.09 bits per heavy atom. The summed E-state index contributed by atoms with van der Waals surface area (Å²) in [4.78, 5) is 24.5. The third-order valence-electron chi connectivity index (χ3n) is 4.23. The molecule has 0 bridgehead atoms. The van der Waals surface area contributed by atoms with E-state index in [0.717, 1.165) is 16.2 Å². The van der Waals surface area contributed by atoms with Gasteiger partial charge in [-0.05, 0) is 39.7 Å². The van der Waals surface area contributed by atoms with E-state index in [9.17, 15) is 19.8 Å². The lowest BCUT2D eigenvalue weighted by atomic mass is 9.82. The van der Waals surface area contributed by atoms with Gasteiger partial charge in [0.2, 0.25) is 0 Å². The molecule has 4 nitrogen and oxygen atoms in total. The molecule has 4 heteroatoms. The van der Waals surface area contributed by atoms with Crippen molar-refractivity contribution in [3.63, 3.8) is 0 Å². The van der Waals surface area contributed by atoms with Crippen molar-refractivity contribution in [2.24, 2.45) is 0 Å². The minimum Gasteiger partial charge on any atom is -0.382 e. The number of carbonyl (C=O) groups is 2. The molecule has 4 rings (SSSR count). The normalized spacial score (nSPS) is 21.4. The number of aliphatic hydroxyl groups excluding tert-OH is 2. The number of hydrogen-bond donors (Lipinski definition) is 2. The van der Waals surface area contributed by atoms with Crippen molar-refractivity contribution in [3.05, 3.63) is 59.7 Å². The average Bonchev–Trinajstić information content (AvgIpc) is 2.55. The smallest absolute Gasteiger partial charge is 0.195 e. The van der Waals surface area contributed by atoms with Gasteiger partial charge in [-0.15, -0.1) is 0 Å². The van der Waals surface area contributed by atoms with Crippen LogP contribution < -0.4 is 0 Å². The maximum Gasteiger partial charge on any atom is 0.195 e. The summed E-state index contributed by atoms with van der Waals surface area (Å²) in [5.41, 5.74) is 0.372. The van der Waals surface area contributed by atoms with Crippen molar-refractivity contribution in [2.45, 2.75) is 12.2 Å². The zero-order valence-corrected chi connectivity index (χ0v) is 11.5. The van der Waals surface area contributed by atoms with Gasteiger partial charge in [-0.1, -0.05) is 30.3 Å². The number of hydrogen-bond acceptors (Lipinski definition) is 4. The van der Waals surface area contributed by atoms with E-state index in [0.29, 0.717) is 5.39 Å². The highest BCUT2D eigenvalue weighted by atomic mass is 16.3. The monoisotopic (exact) mass is 292 g/mol. The first kappa shape index (κ1) is 13.1. The summed E-state index contributed by atoms with van der Waals surface area (Å²) in [5.74, 6) is -1.22. The summed E-state index contributed by atoms with van der Waals surface area (Å²) < 4.78 is 0. The minimum absolute atomic E-state index is 0.172. The van der Waals surface area contributed by atoms with Gasteiger partial charge in [0.15, 0.2) is 23.8 Å². The molecule has 0 saturated carbocycles. The Morgan fingerprint density at radius 1 is 0.727 bits per heavy atom. The van der Waals surface area contributed by atoms with Gasteiger partial charge in [0, 0.05) is 11.1 Å². The summed E-state index contributed by atoms with van der Waals surface area (Å²) in [5, 5.41) is 22.9. The van der Waals surface area contributed by atoms with Crippen LogP contribution in [0.2, 0.25) is 0 Å². The third-order valence-corrected chi connectivity index (χ3v) is 4.23. The number of carbonyl (C=O) groups excluding carboxylic acids is 2. The predicted octanol–water partition coefficient (Wildman–Crippen LogP) is 2.09. The van der Waals surface area contributed by atoms with Crippen molar-refractivity contribution in [2.75, 3.05) is 0 Å². The summed E-state index contributed by atoms with van der Waals surface area (Å²) in [6, 6.07) is 14.8. The lowest BCUT2D eigenvalue weighted by Crippen LogP contribution is -2.45. The number of Topliss-reactive ketones (excluding diaryl/α,β-unsaturated/α-hetero) is 2. The molecule has 0 spiro atoms. The molecule has 22 heavy (non-hydrogen) atoms. The second-order valence-corrected chi connectivity index (χ2v) is 5.53. The molecule has 0 fully saturated rings. The number of rotatable bonds is 0. The molecular weight excluding hydrogens is 280 g/mol. The zero-order chi connectivity index (χ0) is 15.4. The summed E-state index contributed by atoms with van der Waals surface area (Å²) in [6.07, 6.45) is -3.38. The average molecular weight is 292 g/mol. The lowest BCUT2D eigenvalue weighted by Gasteiger charge is -2.24. The standard InChI is InChI=1S/C18H12O4/c19-15-12-6-5-11-7-9-3-1-2-4-10(9)8-13(11)14(12)16(20)18(22)17(15)21/h1-8,17-18,21-22H. The first-order chi connectivity index (χ1) is 10.6. The Morgan fingerprint density at radius 2 is 1.36 bits per heavy atom. The third kappa shape index (κ3) is 1.65. The van der Waals surface area contributed by atoms with Crippen LogP contribution in [-0.2, 0) is 0 Å². The summed E-state index contributed by atoms with van der Waals surface area (Å²) in [7, 11) is 0. The van der Waals surface area contributed by atoms with Crippen LogP contribution in [0.25, 0.3) is 21.5 Å². The van der Waals surface area contributed by atoms with Crippen LogP contribution in [-0.4, -0.2) is 34.0 Å². The van der Waals surface area contributed by atoms with E-state index >= 15 is 0 Å². The molecule has 3 aromatic carbocycles. The summed E-state index contributed by atoms with van der Waals surface area (Å²) >= 11 is 0. The van der Waals surface area contributed by atoms with Crippen LogP contribution in [0, 0.1) is 0 Å². The van der Waals surface area contributed by atoms with Crippen molar-refractivity contribution >= 4 is 33.1 Å². The van der Waals surface area contributed by atoms with Gasteiger partial charge >= 0.3 is 0 Å². The fraction of sp³-hybridized carbons (Fsp3) is 0.111. The van der Waals surface area contributed by atoms with Gasteiger partial charge in [-0.3, -0.25) is 9.59 Å². The van der Waals surface area contributed by atoms with E-state index < -0.39 is 23.8 Å². The number of ketones is 2. The Bertz CT molecular complexity index is 958. The van der Waals surface area contributed by atoms with Gasteiger partial charge < -0.3 is 10.2 Å². The molecule has 108 valence electrons. The zero-order valence-electron chi connectivity index (χ0n) is 11.5. The Kier molecular flexibility index (Phi) is 2.66. The topological polar surface area (TPSA) is 74.6 Å². The van der Waals surface area contributed by atoms with Crippen LogP contribution in [0.1, 0.15) is 20.7 Å². The maximum atomic E-state index is 12.4. The fourth-order valence-electron chi connectivity index (χ4n) is 3.08. The second kappa shape index (κ2) is 4.47. The van der Waals surface area contributed by atoms with Crippen LogP contribution in [0.3, 0.4) is 0 Å². The van der Waals surface area contributed by atoms with E-state index in [4.69, 9.17) is 0 Å². The van der Waals surface area contributed by atoms with Crippen molar-refractivity contribution < 1.29 is 19.8 Å².